The molecule has 0 radical (unpaired) electrons. The molecule has 3 aromatic rings. The first kappa shape index (κ1) is 19.1. The first-order valence-corrected chi connectivity index (χ1v) is 8.44. The summed E-state index contributed by atoms with van der Waals surface area (Å²) < 4.78 is 23.4. The SMILES string of the molecule is COc1ccc(Nc2ccc(C(=O)NCc3ccc(F)cc3)nn2)cc1OC. The minimum atomic E-state index is -0.366. The zero-order valence-electron chi connectivity index (χ0n) is 15.4. The van der Waals surface area contributed by atoms with Gasteiger partial charge >= 0.3 is 0 Å². The summed E-state index contributed by atoms with van der Waals surface area (Å²) in [7, 11) is 3.12. The van der Waals surface area contributed by atoms with Crippen LogP contribution < -0.4 is 20.1 Å². The average molecular weight is 382 g/mol. The third-order valence-electron chi connectivity index (χ3n) is 3.92. The number of methoxy groups -OCH3 is 2. The largest absolute Gasteiger partial charge is 0.493 e. The van der Waals surface area contributed by atoms with Crippen LogP contribution in [0.3, 0.4) is 0 Å². The second-order valence-corrected chi connectivity index (χ2v) is 5.81. The van der Waals surface area contributed by atoms with E-state index in [-0.39, 0.29) is 24.0 Å². The van der Waals surface area contributed by atoms with Crippen molar-refractivity contribution in [3.63, 3.8) is 0 Å². The number of hydrogen-bond acceptors (Lipinski definition) is 6. The molecule has 0 aliphatic heterocycles. The lowest BCUT2D eigenvalue weighted by Gasteiger charge is -2.11. The zero-order chi connectivity index (χ0) is 19.9. The van der Waals surface area contributed by atoms with Gasteiger partial charge in [-0.3, -0.25) is 4.79 Å². The molecule has 0 aliphatic rings. The van der Waals surface area contributed by atoms with E-state index in [0.717, 1.165) is 11.3 Å². The molecule has 0 atom stereocenters. The van der Waals surface area contributed by atoms with Crippen LogP contribution in [0.15, 0.2) is 54.6 Å². The fourth-order valence-electron chi connectivity index (χ4n) is 2.46. The van der Waals surface area contributed by atoms with Crippen molar-refractivity contribution in [2.45, 2.75) is 6.54 Å². The molecule has 8 heteroatoms. The zero-order valence-corrected chi connectivity index (χ0v) is 15.4. The van der Waals surface area contributed by atoms with Gasteiger partial charge < -0.3 is 20.1 Å². The van der Waals surface area contributed by atoms with Crippen molar-refractivity contribution in [2.75, 3.05) is 19.5 Å². The number of benzene rings is 2. The third kappa shape index (κ3) is 4.73. The van der Waals surface area contributed by atoms with Crippen LogP contribution in [-0.4, -0.2) is 30.3 Å². The molecule has 2 aromatic carbocycles. The van der Waals surface area contributed by atoms with Gasteiger partial charge in [-0.1, -0.05) is 12.1 Å². The quantitative estimate of drug-likeness (QED) is 0.652. The predicted molar refractivity (Wildman–Crippen MR) is 102 cm³/mol. The Kier molecular flexibility index (Phi) is 6.01. The highest BCUT2D eigenvalue weighted by molar-refractivity contribution is 5.92. The number of nitrogens with zero attached hydrogens (tertiary/aromatic N) is 2. The van der Waals surface area contributed by atoms with Gasteiger partial charge in [0.1, 0.15) is 5.82 Å². The van der Waals surface area contributed by atoms with Crippen LogP contribution in [0.4, 0.5) is 15.9 Å². The standard InChI is InChI=1S/C20H19FN4O3/c1-27-17-9-7-15(11-18(17)28-2)23-19-10-8-16(24-25-19)20(26)22-12-13-3-5-14(21)6-4-13/h3-11H,12H2,1-2H3,(H,22,26)(H,23,25). The molecule has 0 aliphatic carbocycles. The molecule has 28 heavy (non-hydrogen) atoms. The van der Waals surface area contributed by atoms with Gasteiger partial charge in [0, 0.05) is 18.3 Å². The van der Waals surface area contributed by atoms with Crippen LogP contribution in [0, 0.1) is 5.82 Å². The summed E-state index contributed by atoms with van der Waals surface area (Å²) in [5, 5.41) is 13.8. The van der Waals surface area contributed by atoms with E-state index in [1.165, 1.54) is 12.1 Å². The van der Waals surface area contributed by atoms with E-state index in [2.05, 4.69) is 20.8 Å². The van der Waals surface area contributed by atoms with Gasteiger partial charge in [0.15, 0.2) is 23.0 Å². The number of carbonyl (C=O) groups is 1. The molecule has 0 fully saturated rings. The number of hydrogen-bond donors (Lipinski definition) is 2. The number of carbonyl (C=O) groups excluding carboxylic acids is 1. The van der Waals surface area contributed by atoms with E-state index >= 15 is 0 Å². The van der Waals surface area contributed by atoms with Crippen LogP contribution in [0.2, 0.25) is 0 Å². The highest BCUT2D eigenvalue weighted by atomic mass is 19.1. The number of rotatable bonds is 7. The summed E-state index contributed by atoms with van der Waals surface area (Å²) in [5.41, 5.74) is 1.70. The number of amides is 1. The summed E-state index contributed by atoms with van der Waals surface area (Å²) in [5.74, 6) is 0.986. The summed E-state index contributed by atoms with van der Waals surface area (Å²) in [6, 6.07) is 14.5. The number of nitrogens with one attached hydrogen (secondary N) is 2. The van der Waals surface area contributed by atoms with Crippen LogP contribution in [0.25, 0.3) is 0 Å². The number of aromatic nitrogens is 2. The van der Waals surface area contributed by atoms with E-state index in [4.69, 9.17) is 9.47 Å². The summed E-state index contributed by atoms with van der Waals surface area (Å²) in [6.07, 6.45) is 0. The van der Waals surface area contributed by atoms with Crippen molar-refractivity contribution in [3.05, 3.63) is 71.7 Å². The van der Waals surface area contributed by atoms with E-state index in [0.29, 0.717) is 17.3 Å². The minimum Gasteiger partial charge on any atom is -0.493 e. The van der Waals surface area contributed by atoms with Crippen molar-refractivity contribution in [2.24, 2.45) is 0 Å². The monoisotopic (exact) mass is 382 g/mol. The maximum absolute atomic E-state index is 12.9. The summed E-state index contributed by atoms with van der Waals surface area (Å²) in [6.45, 7) is 0.270. The number of ether oxygens (including phenoxy) is 2. The van der Waals surface area contributed by atoms with Crippen LogP contribution in [0.5, 0.6) is 11.5 Å². The van der Waals surface area contributed by atoms with Gasteiger partial charge in [-0.05, 0) is 42.0 Å². The second kappa shape index (κ2) is 8.81. The van der Waals surface area contributed by atoms with Gasteiger partial charge in [0.25, 0.3) is 5.91 Å². The Labute approximate surface area is 161 Å². The Morgan fingerprint density at radius 1 is 0.964 bits per heavy atom. The lowest BCUT2D eigenvalue weighted by molar-refractivity contribution is 0.0945. The molecule has 1 heterocycles. The molecular weight excluding hydrogens is 363 g/mol. The Bertz CT molecular complexity index is 947. The lowest BCUT2D eigenvalue weighted by atomic mass is 10.2. The van der Waals surface area contributed by atoms with Crippen molar-refractivity contribution in [3.8, 4) is 11.5 Å². The van der Waals surface area contributed by atoms with Gasteiger partial charge in [0.05, 0.1) is 14.2 Å². The molecule has 1 amide bonds. The molecule has 3 rings (SSSR count). The molecule has 7 nitrogen and oxygen atoms in total. The molecule has 144 valence electrons. The topological polar surface area (TPSA) is 85.4 Å². The van der Waals surface area contributed by atoms with Crippen LogP contribution in [0.1, 0.15) is 16.1 Å². The maximum atomic E-state index is 12.9. The lowest BCUT2D eigenvalue weighted by Crippen LogP contribution is -2.24. The highest BCUT2D eigenvalue weighted by Crippen LogP contribution is 2.30. The van der Waals surface area contributed by atoms with E-state index in [1.807, 2.05) is 6.07 Å². The Morgan fingerprint density at radius 2 is 1.71 bits per heavy atom. The maximum Gasteiger partial charge on any atom is 0.272 e. The normalized spacial score (nSPS) is 10.2. The highest BCUT2D eigenvalue weighted by Gasteiger charge is 2.09. The van der Waals surface area contributed by atoms with Gasteiger partial charge in [0.2, 0.25) is 0 Å². The van der Waals surface area contributed by atoms with Crippen molar-refractivity contribution < 1.29 is 18.7 Å². The van der Waals surface area contributed by atoms with Crippen molar-refractivity contribution in [1.82, 2.24) is 15.5 Å². The molecule has 0 bridgehead atoms. The van der Waals surface area contributed by atoms with E-state index in [1.54, 1.807) is 50.6 Å². The van der Waals surface area contributed by atoms with Gasteiger partial charge in [-0.15, -0.1) is 10.2 Å². The Morgan fingerprint density at radius 3 is 2.36 bits per heavy atom. The number of anilines is 2. The van der Waals surface area contributed by atoms with E-state index < -0.39 is 0 Å². The first-order valence-electron chi connectivity index (χ1n) is 8.44. The molecule has 1 aromatic heterocycles. The van der Waals surface area contributed by atoms with Crippen LogP contribution >= 0.6 is 0 Å². The fraction of sp³-hybridized carbons (Fsp3) is 0.150. The van der Waals surface area contributed by atoms with Crippen LogP contribution in [-0.2, 0) is 6.54 Å². The van der Waals surface area contributed by atoms with Gasteiger partial charge in [-0.2, -0.15) is 0 Å². The molecular formula is C20H19FN4O3. The second-order valence-electron chi connectivity index (χ2n) is 5.81. The Balaban J connectivity index is 1.61. The molecule has 0 spiro atoms. The summed E-state index contributed by atoms with van der Waals surface area (Å²) in [4.78, 5) is 12.2. The first-order chi connectivity index (χ1) is 13.6. The predicted octanol–water partition coefficient (Wildman–Crippen LogP) is 3.31. The Hall–Kier alpha value is -3.68. The smallest absolute Gasteiger partial charge is 0.272 e. The minimum absolute atomic E-state index is 0.181. The fourth-order valence-corrected chi connectivity index (χ4v) is 2.46. The molecule has 0 saturated heterocycles. The third-order valence-corrected chi connectivity index (χ3v) is 3.92. The van der Waals surface area contributed by atoms with Crippen molar-refractivity contribution >= 4 is 17.4 Å². The number of halogens is 1. The van der Waals surface area contributed by atoms with Crippen molar-refractivity contribution in [1.29, 1.82) is 0 Å². The summed E-state index contributed by atoms with van der Waals surface area (Å²) >= 11 is 0. The molecule has 0 saturated carbocycles. The average Bonchev–Trinajstić information content (AvgIpc) is 2.73. The van der Waals surface area contributed by atoms with Gasteiger partial charge in [-0.25, -0.2) is 4.39 Å². The molecule has 0 unspecified atom stereocenters. The molecule has 2 N–H and O–H groups in total. The van der Waals surface area contributed by atoms with E-state index in [9.17, 15) is 9.18 Å².